The molecule has 1 aromatic carbocycles. The van der Waals surface area contributed by atoms with Crippen LogP contribution in [0.5, 0.6) is 0 Å². The van der Waals surface area contributed by atoms with Crippen molar-refractivity contribution < 1.29 is 27.9 Å². The van der Waals surface area contributed by atoms with Crippen molar-refractivity contribution in [3.63, 3.8) is 0 Å². The topological polar surface area (TPSA) is 74.6 Å². The predicted octanol–water partition coefficient (Wildman–Crippen LogP) is 3.78. The number of hydrogen-bond donors (Lipinski definition) is 2. The minimum Gasteiger partial charge on any atom is -0.481 e. The van der Waals surface area contributed by atoms with Crippen LogP contribution in [-0.2, 0) is 11.3 Å². The molecule has 2 aromatic rings. The number of rotatable bonds is 4. The molecule has 0 bridgehead atoms. The number of aliphatic carboxylic acids is 1. The van der Waals surface area contributed by atoms with Gasteiger partial charge in [-0.25, -0.2) is 4.79 Å². The Labute approximate surface area is 153 Å². The molecular formula is C18H20F3N3O3. The van der Waals surface area contributed by atoms with E-state index in [1.807, 2.05) is 18.3 Å². The molecule has 27 heavy (non-hydrogen) atoms. The highest BCUT2D eigenvalue weighted by molar-refractivity contribution is 5.93. The normalized spacial score (nSPS) is 20.2. The Kier molecular flexibility index (Phi) is 5.03. The number of hydrogen-bond acceptors (Lipinski definition) is 2. The third-order valence-electron chi connectivity index (χ3n) is 4.83. The van der Waals surface area contributed by atoms with E-state index in [1.165, 1.54) is 0 Å². The first-order chi connectivity index (χ1) is 12.7. The Morgan fingerprint density at radius 3 is 2.59 bits per heavy atom. The summed E-state index contributed by atoms with van der Waals surface area (Å²) < 4.78 is 41.2. The molecule has 2 N–H and O–H groups in total. The van der Waals surface area contributed by atoms with Crippen LogP contribution in [0.4, 0.5) is 23.7 Å². The summed E-state index contributed by atoms with van der Waals surface area (Å²) in [4.78, 5) is 24.4. The number of amides is 2. The average molecular weight is 383 g/mol. The van der Waals surface area contributed by atoms with Crippen molar-refractivity contribution in [2.45, 2.75) is 26.1 Å². The molecule has 9 heteroatoms. The Bertz CT molecular complexity index is 862. The number of carbonyl (C=O) groups is 2. The summed E-state index contributed by atoms with van der Waals surface area (Å²) in [6.07, 6.45) is -1.76. The number of carboxylic acid groups (broad SMARTS) is 1. The smallest absolute Gasteiger partial charge is 0.394 e. The fourth-order valence-corrected chi connectivity index (χ4v) is 3.47. The number of carbonyl (C=O) groups excluding carboxylic acids is 1. The van der Waals surface area contributed by atoms with Crippen LogP contribution in [0.1, 0.15) is 13.3 Å². The summed E-state index contributed by atoms with van der Waals surface area (Å²) >= 11 is 0. The summed E-state index contributed by atoms with van der Waals surface area (Å²) in [7, 11) is 0. The van der Waals surface area contributed by atoms with Gasteiger partial charge in [-0.3, -0.25) is 4.79 Å². The highest BCUT2D eigenvalue weighted by atomic mass is 19.4. The van der Waals surface area contributed by atoms with Crippen molar-refractivity contribution in [3.05, 3.63) is 30.5 Å². The maximum atomic E-state index is 13.1. The van der Waals surface area contributed by atoms with Gasteiger partial charge in [0.05, 0.1) is 11.8 Å². The Balaban J connectivity index is 1.73. The van der Waals surface area contributed by atoms with Gasteiger partial charge in [0.1, 0.15) is 0 Å². The third-order valence-corrected chi connectivity index (χ3v) is 4.83. The third kappa shape index (κ3) is 3.86. The highest BCUT2D eigenvalue weighted by Gasteiger charge is 2.53. The van der Waals surface area contributed by atoms with E-state index in [-0.39, 0.29) is 0 Å². The van der Waals surface area contributed by atoms with Gasteiger partial charge in [0.25, 0.3) is 0 Å². The number of fused-ring (bicyclic) bond motifs is 1. The van der Waals surface area contributed by atoms with Gasteiger partial charge in [-0.05, 0) is 30.7 Å². The van der Waals surface area contributed by atoms with Crippen LogP contribution in [0.3, 0.4) is 0 Å². The van der Waals surface area contributed by atoms with Gasteiger partial charge in [-0.15, -0.1) is 0 Å². The van der Waals surface area contributed by atoms with Gasteiger partial charge in [0.2, 0.25) is 0 Å². The van der Waals surface area contributed by atoms with Crippen LogP contribution in [0, 0.1) is 11.8 Å². The first kappa shape index (κ1) is 19.1. The van der Waals surface area contributed by atoms with Gasteiger partial charge < -0.3 is 19.9 Å². The van der Waals surface area contributed by atoms with Crippen molar-refractivity contribution in [1.29, 1.82) is 0 Å². The molecule has 1 aromatic heterocycles. The van der Waals surface area contributed by atoms with Gasteiger partial charge in [-0.1, -0.05) is 6.92 Å². The number of nitrogens with one attached hydrogen (secondary N) is 1. The molecule has 0 radical (unpaired) electrons. The molecule has 6 nitrogen and oxygen atoms in total. The fraction of sp³-hybridized carbons (Fsp3) is 0.444. The number of carboxylic acids is 1. The van der Waals surface area contributed by atoms with Crippen LogP contribution in [0.25, 0.3) is 10.9 Å². The van der Waals surface area contributed by atoms with Crippen molar-refractivity contribution in [2.24, 2.45) is 11.8 Å². The lowest BCUT2D eigenvalue weighted by Gasteiger charge is -2.18. The number of alkyl halides is 3. The molecule has 3 rings (SSSR count). The molecular weight excluding hydrogens is 363 g/mol. The Morgan fingerprint density at radius 2 is 2.00 bits per heavy atom. The number of likely N-dealkylation sites (tertiary alicyclic amines) is 1. The summed E-state index contributed by atoms with van der Waals surface area (Å²) in [6, 6.07) is 6.42. The van der Waals surface area contributed by atoms with Crippen LogP contribution < -0.4 is 5.32 Å². The monoisotopic (exact) mass is 383 g/mol. The lowest BCUT2D eigenvalue weighted by molar-refractivity contribution is -0.187. The van der Waals surface area contributed by atoms with E-state index < -0.39 is 43.1 Å². The molecule has 0 aliphatic carbocycles. The summed E-state index contributed by atoms with van der Waals surface area (Å²) in [5.74, 6) is -5.26. The van der Waals surface area contributed by atoms with Crippen molar-refractivity contribution in [3.8, 4) is 0 Å². The molecule has 146 valence electrons. The van der Waals surface area contributed by atoms with Crippen LogP contribution in [0.15, 0.2) is 30.5 Å². The number of urea groups is 1. The second-order valence-corrected chi connectivity index (χ2v) is 6.71. The van der Waals surface area contributed by atoms with E-state index in [1.54, 1.807) is 12.1 Å². The first-order valence-corrected chi connectivity index (χ1v) is 8.65. The zero-order valence-corrected chi connectivity index (χ0v) is 14.7. The van der Waals surface area contributed by atoms with Crippen molar-refractivity contribution >= 4 is 28.6 Å². The van der Waals surface area contributed by atoms with Crippen molar-refractivity contribution in [2.75, 3.05) is 18.4 Å². The SMILES string of the molecule is CCCn1ccc2cc(NC(=O)N3C[C@@H](C(F)(F)F)[C@H](C(=O)O)C3)ccc21. The molecule has 0 unspecified atom stereocenters. The van der Waals surface area contributed by atoms with Crippen LogP contribution >= 0.6 is 0 Å². The number of benzene rings is 1. The molecule has 1 aliphatic heterocycles. The first-order valence-electron chi connectivity index (χ1n) is 8.65. The van der Waals surface area contributed by atoms with Gasteiger partial charge in [-0.2, -0.15) is 13.2 Å². The second-order valence-electron chi connectivity index (χ2n) is 6.71. The maximum Gasteiger partial charge on any atom is 0.394 e. The number of anilines is 1. The molecule has 1 aliphatic rings. The minimum absolute atomic E-state index is 0.448. The summed E-state index contributed by atoms with van der Waals surface area (Å²) in [5.41, 5.74) is 1.45. The zero-order chi connectivity index (χ0) is 19.8. The number of halogens is 3. The van der Waals surface area contributed by atoms with E-state index in [2.05, 4.69) is 16.8 Å². The molecule has 0 spiro atoms. The average Bonchev–Trinajstić information content (AvgIpc) is 3.19. The Morgan fingerprint density at radius 1 is 1.26 bits per heavy atom. The minimum atomic E-state index is -4.67. The molecule has 2 heterocycles. The van der Waals surface area contributed by atoms with E-state index >= 15 is 0 Å². The van der Waals surface area contributed by atoms with E-state index in [0.29, 0.717) is 5.69 Å². The molecule has 1 saturated heterocycles. The Hall–Kier alpha value is -2.71. The standard InChI is InChI=1S/C18H20F3N3O3/c1-2-6-23-7-5-11-8-12(3-4-15(11)23)22-17(27)24-9-13(16(25)26)14(10-24)18(19,20)21/h3-5,7-8,13-14H,2,6,9-10H2,1H3,(H,22,27)(H,25,26)/t13-,14-/m1/s1. The van der Waals surface area contributed by atoms with Crippen molar-refractivity contribution in [1.82, 2.24) is 9.47 Å². The molecule has 2 amide bonds. The van der Waals surface area contributed by atoms with E-state index in [9.17, 15) is 22.8 Å². The van der Waals surface area contributed by atoms with Crippen LogP contribution in [0.2, 0.25) is 0 Å². The molecule has 0 saturated carbocycles. The van der Waals surface area contributed by atoms with Gasteiger partial charge >= 0.3 is 18.2 Å². The maximum absolute atomic E-state index is 13.1. The lowest BCUT2D eigenvalue weighted by atomic mass is 9.96. The van der Waals surface area contributed by atoms with E-state index in [4.69, 9.17) is 5.11 Å². The van der Waals surface area contributed by atoms with Gasteiger partial charge in [0.15, 0.2) is 0 Å². The summed E-state index contributed by atoms with van der Waals surface area (Å²) in [6.45, 7) is 1.79. The van der Waals surface area contributed by atoms with E-state index in [0.717, 1.165) is 28.8 Å². The highest BCUT2D eigenvalue weighted by Crippen LogP contribution is 2.38. The van der Waals surface area contributed by atoms with Crippen LogP contribution in [-0.4, -0.2) is 45.8 Å². The largest absolute Gasteiger partial charge is 0.481 e. The fourth-order valence-electron chi connectivity index (χ4n) is 3.47. The number of aryl methyl sites for hydroxylation is 1. The summed E-state index contributed by atoms with van der Waals surface area (Å²) in [5, 5.41) is 12.5. The molecule has 1 fully saturated rings. The van der Waals surface area contributed by atoms with Gasteiger partial charge in [0, 0.05) is 42.4 Å². The quantitative estimate of drug-likeness (QED) is 0.844. The second kappa shape index (κ2) is 7.13. The zero-order valence-electron chi connectivity index (χ0n) is 14.7. The molecule has 2 atom stereocenters. The lowest BCUT2D eigenvalue weighted by Crippen LogP contribution is -2.35. The number of nitrogens with zero attached hydrogens (tertiary/aromatic N) is 2. The number of aromatic nitrogens is 1. The predicted molar refractivity (Wildman–Crippen MR) is 93.5 cm³/mol.